The van der Waals surface area contributed by atoms with Gasteiger partial charge >= 0.3 is 5.97 Å². The third kappa shape index (κ3) is 7.35. The van der Waals surface area contributed by atoms with Crippen LogP contribution in [0.15, 0.2) is 60.7 Å². The predicted octanol–water partition coefficient (Wildman–Crippen LogP) is 7.08. The molecule has 1 atom stereocenters. The van der Waals surface area contributed by atoms with Crippen molar-refractivity contribution in [2.45, 2.75) is 40.4 Å². The second kappa shape index (κ2) is 11.9. The molecule has 0 aliphatic heterocycles. The summed E-state index contributed by atoms with van der Waals surface area (Å²) in [7, 11) is 0. The van der Waals surface area contributed by atoms with Crippen LogP contribution in [0.1, 0.15) is 34.7 Å². The number of aryl methyl sites for hydroxylation is 3. The zero-order valence-electron chi connectivity index (χ0n) is 20.0. The minimum atomic E-state index is -0.945. The number of esters is 1. The van der Waals surface area contributed by atoms with Crippen LogP contribution in [-0.2, 0) is 20.9 Å². The lowest BCUT2D eigenvalue weighted by molar-refractivity contribution is -0.148. The average molecular weight is 512 g/mol. The summed E-state index contributed by atoms with van der Waals surface area (Å²) in [5, 5.41) is 3.94. The topological polar surface area (TPSA) is 64.6 Å². The standard InChI is InChI=1S/C28H27Cl2NO4/c1-17-14-18(2)27(19(3)15-17)31-28(33)20(4)35-26(32)13-10-21-8-11-22(12-9-21)34-16-23-24(29)6-5-7-25(23)30/h5-15,20H,16H2,1-4H3,(H,31,33)/b13-10+. The van der Waals surface area contributed by atoms with Gasteiger partial charge in [-0.3, -0.25) is 4.79 Å². The summed E-state index contributed by atoms with van der Waals surface area (Å²) in [5.74, 6) is -0.367. The Morgan fingerprint density at radius 2 is 1.57 bits per heavy atom. The van der Waals surface area contributed by atoms with Crippen LogP contribution in [0.5, 0.6) is 5.75 Å². The van der Waals surface area contributed by atoms with Crippen molar-refractivity contribution in [2.24, 2.45) is 0 Å². The van der Waals surface area contributed by atoms with Gasteiger partial charge in [0.15, 0.2) is 6.10 Å². The van der Waals surface area contributed by atoms with Crippen LogP contribution in [0.25, 0.3) is 6.08 Å². The number of halogens is 2. The number of benzene rings is 3. The zero-order valence-corrected chi connectivity index (χ0v) is 21.5. The summed E-state index contributed by atoms with van der Waals surface area (Å²) in [6.07, 6.45) is 1.95. The molecule has 1 unspecified atom stereocenters. The predicted molar refractivity (Wildman–Crippen MR) is 141 cm³/mol. The first-order valence-electron chi connectivity index (χ1n) is 11.1. The fraction of sp³-hybridized carbons (Fsp3) is 0.214. The highest BCUT2D eigenvalue weighted by atomic mass is 35.5. The van der Waals surface area contributed by atoms with Gasteiger partial charge in [-0.05, 0) is 74.7 Å². The highest BCUT2D eigenvalue weighted by molar-refractivity contribution is 6.35. The van der Waals surface area contributed by atoms with Crippen molar-refractivity contribution >= 4 is 46.8 Å². The quantitative estimate of drug-likeness (QED) is 0.259. The lowest BCUT2D eigenvalue weighted by Crippen LogP contribution is -2.30. The van der Waals surface area contributed by atoms with Crippen molar-refractivity contribution < 1.29 is 19.1 Å². The van der Waals surface area contributed by atoms with E-state index >= 15 is 0 Å². The van der Waals surface area contributed by atoms with E-state index in [2.05, 4.69) is 5.32 Å². The number of amides is 1. The molecule has 0 heterocycles. The van der Waals surface area contributed by atoms with Crippen molar-refractivity contribution in [3.63, 3.8) is 0 Å². The molecular formula is C28H27Cl2NO4. The molecule has 3 aromatic carbocycles. The van der Waals surface area contributed by atoms with Gasteiger partial charge < -0.3 is 14.8 Å². The number of carbonyl (C=O) groups is 2. The smallest absolute Gasteiger partial charge is 0.331 e. The first kappa shape index (κ1) is 26.3. The molecule has 35 heavy (non-hydrogen) atoms. The summed E-state index contributed by atoms with van der Waals surface area (Å²) >= 11 is 12.3. The van der Waals surface area contributed by atoms with E-state index in [1.54, 1.807) is 48.5 Å². The molecule has 0 saturated carbocycles. The highest BCUT2D eigenvalue weighted by Crippen LogP contribution is 2.26. The molecule has 3 aromatic rings. The van der Waals surface area contributed by atoms with E-state index < -0.39 is 12.1 Å². The van der Waals surface area contributed by atoms with Crippen molar-refractivity contribution in [3.05, 3.63) is 98.5 Å². The van der Waals surface area contributed by atoms with E-state index in [-0.39, 0.29) is 12.5 Å². The summed E-state index contributed by atoms with van der Waals surface area (Å²) in [6.45, 7) is 7.63. The van der Waals surface area contributed by atoms with Gasteiger partial charge in [0.25, 0.3) is 5.91 Å². The molecule has 1 amide bonds. The minimum Gasteiger partial charge on any atom is -0.489 e. The molecule has 182 valence electrons. The molecule has 0 aliphatic carbocycles. The average Bonchev–Trinajstić information content (AvgIpc) is 2.80. The third-order valence-electron chi connectivity index (χ3n) is 5.32. The van der Waals surface area contributed by atoms with Gasteiger partial charge in [0.05, 0.1) is 0 Å². The van der Waals surface area contributed by atoms with Gasteiger partial charge in [-0.15, -0.1) is 0 Å². The molecule has 0 saturated heterocycles. The Hall–Kier alpha value is -3.28. The van der Waals surface area contributed by atoms with Crippen LogP contribution < -0.4 is 10.1 Å². The van der Waals surface area contributed by atoms with Crippen LogP contribution in [0.4, 0.5) is 5.69 Å². The lowest BCUT2D eigenvalue weighted by Gasteiger charge is -2.16. The number of carbonyl (C=O) groups excluding carboxylic acids is 2. The molecule has 0 fully saturated rings. The Balaban J connectivity index is 1.52. The van der Waals surface area contributed by atoms with Crippen LogP contribution in [0.2, 0.25) is 10.0 Å². The maximum atomic E-state index is 12.5. The van der Waals surface area contributed by atoms with Crippen LogP contribution in [-0.4, -0.2) is 18.0 Å². The molecule has 0 bridgehead atoms. The number of anilines is 1. The maximum absolute atomic E-state index is 12.5. The number of rotatable bonds is 8. The maximum Gasteiger partial charge on any atom is 0.331 e. The van der Waals surface area contributed by atoms with Crippen molar-refractivity contribution in [1.29, 1.82) is 0 Å². The first-order valence-corrected chi connectivity index (χ1v) is 11.8. The van der Waals surface area contributed by atoms with Gasteiger partial charge in [-0.2, -0.15) is 0 Å². The molecule has 0 aliphatic rings. The summed E-state index contributed by atoms with van der Waals surface area (Å²) in [5.41, 5.74) is 5.25. The SMILES string of the molecule is Cc1cc(C)c(NC(=O)C(C)OC(=O)/C=C/c2ccc(OCc3c(Cl)cccc3Cl)cc2)c(C)c1. The van der Waals surface area contributed by atoms with E-state index in [9.17, 15) is 9.59 Å². The molecular weight excluding hydrogens is 485 g/mol. The number of ether oxygens (including phenoxy) is 2. The van der Waals surface area contributed by atoms with Gasteiger partial charge in [0.1, 0.15) is 12.4 Å². The Morgan fingerprint density at radius 1 is 0.971 bits per heavy atom. The largest absolute Gasteiger partial charge is 0.489 e. The molecule has 3 rings (SSSR count). The summed E-state index contributed by atoms with van der Waals surface area (Å²) in [6, 6.07) is 16.4. The van der Waals surface area contributed by atoms with Crippen molar-refractivity contribution in [1.82, 2.24) is 0 Å². The van der Waals surface area contributed by atoms with Crippen molar-refractivity contribution in [2.75, 3.05) is 5.32 Å². The second-order valence-electron chi connectivity index (χ2n) is 8.23. The molecule has 0 aromatic heterocycles. The van der Waals surface area contributed by atoms with Crippen LogP contribution in [0.3, 0.4) is 0 Å². The normalized spacial score (nSPS) is 11.8. The van der Waals surface area contributed by atoms with Crippen LogP contribution >= 0.6 is 23.2 Å². The Morgan fingerprint density at radius 3 is 2.17 bits per heavy atom. The molecule has 5 nitrogen and oxygen atoms in total. The second-order valence-corrected chi connectivity index (χ2v) is 9.05. The number of nitrogens with one attached hydrogen (secondary N) is 1. The number of hydrogen-bond acceptors (Lipinski definition) is 4. The fourth-order valence-electron chi connectivity index (χ4n) is 3.53. The Kier molecular flexibility index (Phi) is 8.96. The van der Waals surface area contributed by atoms with E-state index in [1.165, 1.54) is 13.0 Å². The van der Waals surface area contributed by atoms with Crippen molar-refractivity contribution in [3.8, 4) is 5.75 Å². The monoisotopic (exact) mass is 511 g/mol. The Bertz CT molecular complexity index is 1210. The summed E-state index contributed by atoms with van der Waals surface area (Å²) < 4.78 is 11.0. The van der Waals surface area contributed by atoms with E-state index in [4.69, 9.17) is 32.7 Å². The summed E-state index contributed by atoms with van der Waals surface area (Å²) in [4.78, 5) is 24.7. The first-order chi connectivity index (χ1) is 16.6. The van der Waals surface area contributed by atoms with E-state index in [1.807, 2.05) is 32.9 Å². The molecule has 1 N–H and O–H groups in total. The van der Waals surface area contributed by atoms with Gasteiger partial charge in [-0.25, -0.2) is 4.79 Å². The van der Waals surface area contributed by atoms with Gasteiger partial charge in [-0.1, -0.05) is 59.1 Å². The highest BCUT2D eigenvalue weighted by Gasteiger charge is 2.18. The fourth-order valence-corrected chi connectivity index (χ4v) is 4.04. The number of hydrogen-bond donors (Lipinski definition) is 1. The zero-order chi connectivity index (χ0) is 25.5. The minimum absolute atomic E-state index is 0.238. The molecule has 0 spiro atoms. The molecule has 0 radical (unpaired) electrons. The van der Waals surface area contributed by atoms with Crippen LogP contribution in [0, 0.1) is 20.8 Å². The molecule has 7 heteroatoms. The Labute approximate surface area is 215 Å². The van der Waals surface area contributed by atoms with E-state index in [0.29, 0.717) is 21.4 Å². The van der Waals surface area contributed by atoms with Gasteiger partial charge in [0.2, 0.25) is 0 Å². The van der Waals surface area contributed by atoms with E-state index in [0.717, 1.165) is 27.9 Å². The third-order valence-corrected chi connectivity index (χ3v) is 6.03. The van der Waals surface area contributed by atoms with Gasteiger partial charge in [0, 0.05) is 27.4 Å². The lowest BCUT2D eigenvalue weighted by atomic mass is 10.0.